The maximum atomic E-state index is 12.8. The van der Waals surface area contributed by atoms with E-state index < -0.39 is 11.7 Å². The van der Waals surface area contributed by atoms with E-state index >= 15 is 0 Å². The van der Waals surface area contributed by atoms with Crippen LogP contribution in [0.2, 0.25) is 0 Å². The minimum Gasteiger partial charge on any atom is -0.339 e. The SMILES string of the molecule is N#Cc1ccccc1Nc1cc(C(F)(F)F)cc(NN)n1. The molecule has 0 aliphatic carbocycles. The molecule has 108 valence electrons. The zero-order chi connectivity index (χ0) is 15.5. The fourth-order valence-electron chi connectivity index (χ4n) is 1.66. The van der Waals surface area contributed by atoms with Crippen LogP contribution in [-0.4, -0.2) is 4.98 Å². The van der Waals surface area contributed by atoms with Gasteiger partial charge in [0.2, 0.25) is 0 Å². The highest BCUT2D eigenvalue weighted by molar-refractivity contribution is 5.65. The van der Waals surface area contributed by atoms with Gasteiger partial charge in [0.05, 0.1) is 16.8 Å². The smallest absolute Gasteiger partial charge is 0.339 e. The molecule has 2 aromatic rings. The van der Waals surface area contributed by atoms with E-state index in [2.05, 4.69) is 15.7 Å². The Morgan fingerprint density at radius 3 is 2.43 bits per heavy atom. The molecule has 0 bridgehead atoms. The third-order valence-electron chi connectivity index (χ3n) is 2.61. The number of nitrogen functional groups attached to an aromatic ring is 1. The van der Waals surface area contributed by atoms with Crippen molar-refractivity contribution in [2.24, 2.45) is 5.84 Å². The Labute approximate surface area is 118 Å². The maximum absolute atomic E-state index is 12.8. The van der Waals surface area contributed by atoms with Crippen LogP contribution in [-0.2, 0) is 6.18 Å². The average molecular weight is 293 g/mol. The van der Waals surface area contributed by atoms with Gasteiger partial charge in [-0.05, 0) is 24.3 Å². The molecular formula is C13H10F3N5. The number of nitriles is 1. The molecule has 1 aromatic heterocycles. The number of nitrogens with one attached hydrogen (secondary N) is 2. The summed E-state index contributed by atoms with van der Waals surface area (Å²) in [5.41, 5.74) is 1.82. The Balaban J connectivity index is 2.42. The summed E-state index contributed by atoms with van der Waals surface area (Å²) in [7, 11) is 0. The first kappa shape index (κ1) is 14.6. The molecule has 2 rings (SSSR count). The summed E-state index contributed by atoms with van der Waals surface area (Å²) >= 11 is 0. The molecule has 0 unspecified atom stereocenters. The normalized spacial score (nSPS) is 10.8. The number of nitrogens with two attached hydrogens (primary N) is 1. The molecule has 21 heavy (non-hydrogen) atoms. The lowest BCUT2D eigenvalue weighted by molar-refractivity contribution is -0.137. The first-order valence-electron chi connectivity index (χ1n) is 5.76. The second-order valence-corrected chi connectivity index (χ2v) is 4.05. The van der Waals surface area contributed by atoms with Crippen LogP contribution in [0.25, 0.3) is 0 Å². The lowest BCUT2D eigenvalue weighted by Crippen LogP contribution is -2.13. The fourth-order valence-corrected chi connectivity index (χ4v) is 1.66. The Morgan fingerprint density at radius 2 is 1.81 bits per heavy atom. The maximum Gasteiger partial charge on any atom is 0.416 e. The lowest BCUT2D eigenvalue weighted by atomic mass is 10.2. The number of hydrogen-bond donors (Lipinski definition) is 3. The number of rotatable bonds is 3. The summed E-state index contributed by atoms with van der Waals surface area (Å²) in [6.07, 6.45) is -4.53. The molecule has 4 N–H and O–H groups in total. The number of benzene rings is 1. The summed E-state index contributed by atoms with van der Waals surface area (Å²) in [4.78, 5) is 3.88. The number of para-hydroxylation sites is 1. The van der Waals surface area contributed by atoms with Gasteiger partial charge in [-0.25, -0.2) is 10.8 Å². The predicted molar refractivity (Wildman–Crippen MR) is 71.5 cm³/mol. The van der Waals surface area contributed by atoms with Gasteiger partial charge in [-0.3, -0.25) is 0 Å². The second kappa shape index (κ2) is 5.68. The Bertz CT molecular complexity index is 691. The van der Waals surface area contributed by atoms with Gasteiger partial charge in [-0.1, -0.05) is 12.1 Å². The molecule has 0 atom stereocenters. The first-order chi connectivity index (χ1) is 9.94. The van der Waals surface area contributed by atoms with Crippen molar-refractivity contribution in [3.63, 3.8) is 0 Å². The molecule has 0 saturated carbocycles. The molecule has 0 aliphatic rings. The minimum absolute atomic E-state index is 0.0690. The standard InChI is InChI=1S/C13H10F3N5/c14-13(15,16)9-5-11(20-12(6-9)21-18)19-10-4-2-1-3-8(10)7-17/h1-6H,18H2,(H2,19,20,21). The fraction of sp³-hybridized carbons (Fsp3) is 0.0769. The third kappa shape index (κ3) is 3.40. The van der Waals surface area contributed by atoms with Crippen LogP contribution < -0.4 is 16.6 Å². The average Bonchev–Trinajstić information content (AvgIpc) is 2.46. The number of nitrogens with zero attached hydrogens (tertiary/aromatic N) is 2. The van der Waals surface area contributed by atoms with E-state index in [1.165, 1.54) is 6.07 Å². The molecule has 0 saturated heterocycles. The number of anilines is 3. The van der Waals surface area contributed by atoms with Gasteiger partial charge >= 0.3 is 6.18 Å². The van der Waals surface area contributed by atoms with Crippen LogP contribution in [0.1, 0.15) is 11.1 Å². The quantitative estimate of drug-likeness (QED) is 0.598. The van der Waals surface area contributed by atoms with Crippen molar-refractivity contribution in [2.75, 3.05) is 10.7 Å². The van der Waals surface area contributed by atoms with Crippen molar-refractivity contribution in [2.45, 2.75) is 6.18 Å². The van der Waals surface area contributed by atoms with Crippen molar-refractivity contribution in [3.8, 4) is 6.07 Å². The molecule has 0 amide bonds. The van der Waals surface area contributed by atoms with E-state index in [0.29, 0.717) is 11.3 Å². The summed E-state index contributed by atoms with van der Waals surface area (Å²) in [5.74, 6) is 4.91. The van der Waals surface area contributed by atoms with Gasteiger partial charge in [0.25, 0.3) is 0 Å². The number of pyridine rings is 1. The van der Waals surface area contributed by atoms with Crippen LogP contribution in [0, 0.1) is 11.3 Å². The molecule has 1 aromatic carbocycles. The number of halogens is 3. The molecule has 0 spiro atoms. The van der Waals surface area contributed by atoms with Crippen molar-refractivity contribution in [1.82, 2.24) is 4.98 Å². The number of hydrazine groups is 1. The largest absolute Gasteiger partial charge is 0.416 e. The van der Waals surface area contributed by atoms with E-state index in [-0.39, 0.29) is 11.6 Å². The van der Waals surface area contributed by atoms with Crippen LogP contribution >= 0.6 is 0 Å². The van der Waals surface area contributed by atoms with E-state index in [1.807, 2.05) is 6.07 Å². The van der Waals surface area contributed by atoms with E-state index in [1.54, 1.807) is 18.2 Å². The Hall–Kier alpha value is -2.79. The summed E-state index contributed by atoms with van der Waals surface area (Å²) < 4.78 is 38.4. The zero-order valence-corrected chi connectivity index (χ0v) is 10.6. The summed E-state index contributed by atoms with van der Waals surface area (Å²) in [6, 6.07) is 9.98. The molecule has 0 radical (unpaired) electrons. The Morgan fingerprint density at radius 1 is 1.14 bits per heavy atom. The predicted octanol–water partition coefficient (Wildman–Crippen LogP) is 3.00. The lowest BCUT2D eigenvalue weighted by Gasteiger charge is -2.13. The zero-order valence-electron chi connectivity index (χ0n) is 10.6. The van der Waals surface area contributed by atoms with Crippen molar-refractivity contribution < 1.29 is 13.2 Å². The van der Waals surface area contributed by atoms with E-state index in [9.17, 15) is 13.2 Å². The van der Waals surface area contributed by atoms with Gasteiger partial charge in [0, 0.05) is 0 Å². The number of hydrogen-bond acceptors (Lipinski definition) is 5. The van der Waals surface area contributed by atoms with E-state index in [0.717, 1.165) is 12.1 Å². The molecular weight excluding hydrogens is 283 g/mol. The van der Waals surface area contributed by atoms with Gasteiger partial charge < -0.3 is 10.7 Å². The third-order valence-corrected chi connectivity index (χ3v) is 2.61. The topological polar surface area (TPSA) is 86.8 Å². The van der Waals surface area contributed by atoms with E-state index in [4.69, 9.17) is 11.1 Å². The van der Waals surface area contributed by atoms with Crippen molar-refractivity contribution in [3.05, 3.63) is 47.5 Å². The van der Waals surface area contributed by atoms with Gasteiger partial charge in [-0.15, -0.1) is 0 Å². The summed E-state index contributed by atoms with van der Waals surface area (Å²) in [5, 5.41) is 11.6. The first-order valence-corrected chi connectivity index (χ1v) is 5.76. The number of alkyl halides is 3. The highest BCUT2D eigenvalue weighted by Gasteiger charge is 2.31. The molecule has 8 heteroatoms. The van der Waals surface area contributed by atoms with Gasteiger partial charge in [0.1, 0.15) is 17.7 Å². The van der Waals surface area contributed by atoms with Crippen LogP contribution in [0.4, 0.5) is 30.5 Å². The second-order valence-electron chi connectivity index (χ2n) is 4.05. The van der Waals surface area contributed by atoms with Crippen LogP contribution in [0.5, 0.6) is 0 Å². The van der Waals surface area contributed by atoms with Crippen molar-refractivity contribution >= 4 is 17.3 Å². The Kier molecular flexibility index (Phi) is 3.95. The van der Waals surface area contributed by atoms with Gasteiger partial charge in [-0.2, -0.15) is 18.4 Å². The van der Waals surface area contributed by atoms with Crippen LogP contribution in [0.3, 0.4) is 0 Å². The monoisotopic (exact) mass is 293 g/mol. The molecule has 0 fully saturated rings. The molecule has 0 aliphatic heterocycles. The highest BCUT2D eigenvalue weighted by atomic mass is 19.4. The minimum atomic E-state index is -4.53. The van der Waals surface area contributed by atoms with Crippen LogP contribution in [0.15, 0.2) is 36.4 Å². The molecule has 5 nitrogen and oxygen atoms in total. The van der Waals surface area contributed by atoms with Crippen molar-refractivity contribution in [1.29, 1.82) is 5.26 Å². The molecule has 1 heterocycles. The number of aromatic nitrogens is 1. The highest BCUT2D eigenvalue weighted by Crippen LogP contribution is 2.32. The summed E-state index contributed by atoms with van der Waals surface area (Å²) in [6.45, 7) is 0. The van der Waals surface area contributed by atoms with Gasteiger partial charge in [0.15, 0.2) is 0 Å².